The number of benzene rings is 1. The number of ether oxygens (including phenoxy) is 1. The van der Waals surface area contributed by atoms with Crippen molar-refractivity contribution in [1.29, 1.82) is 0 Å². The number of rotatable bonds is 5. The van der Waals surface area contributed by atoms with Gasteiger partial charge in [-0.3, -0.25) is 14.3 Å². The minimum Gasteiger partial charge on any atom is -0.465 e. The fourth-order valence-electron chi connectivity index (χ4n) is 3.49. The van der Waals surface area contributed by atoms with Crippen molar-refractivity contribution in [3.8, 4) is 0 Å². The van der Waals surface area contributed by atoms with E-state index in [0.29, 0.717) is 44.0 Å². The maximum atomic E-state index is 13.0. The van der Waals surface area contributed by atoms with Gasteiger partial charge < -0.3 is 14.5 Å². The third-order valence-electron chi connectivity index (χ3n) is 5.02. The van der Waals surface area contributed by atoms with E-state index in [1.165, 1.54) is 7.11 Å². The highest BCUT2D eigenvalue weighted by Gasteiger charge is 2.26. The molecule has 0 spiro atoms. The fraction of sp³-hybridized carbons (Fsp3) is 0.429. The van der Waals surface area contributed by atoms with Gasteiger partial charge in [0, 0.05) is 39.1 Å². The van der Waals surface area contributed by atoms with Crippen LogP contribution in [0.1, 0.15) is 45.4 Å². The van der Waals surface area contributed by atoms with Gasteiger partial charge in [-0.05, 0) is 37.6 Å². The first-order valence-electron chi connectivity index (χ1n) is 9.71. The van der Waals surface area contributed by atoms with Crippen molar-refractivity contribution < 1.29 is 19.1 Å². The Morgan fingerprint density at radius 1 is 1.17 bits per heavy atom. The van der Waals surface area contributed by atoms with Crippen LogP contribution in [-0.4, -0.2) is 64.1 Å². The number of carbonyl (C=O) groups is 3. The number of hydrogen-bond acceptors (Lipinski definition) is 5. The molecule has 1 saturated heterocycles. The van der Waals surface area contributed by atoms with Crippen molar-refractivity contribution in [2.45, 2.75) is 33.4 Å². The third-order valence-corrected chi connectivity index (χ3v) is 5.02. The molecule has 0 atom stereocenters. The number of carbonyl (C=O) groups excluding carboxylic acids is 3. The Bertz CT molecular complexity index is 921. The Morgan fingerprint density at radius 2 is 1.97 bits per heavy atom. The second-order valence-corrected chi connectivity index (χ2v) is 7.04. The van der Waals surface area contributed by atoms with E-state index in [0.717, 1.165) is 11.3 Å². The van der Waals surface area contributed by atoms with Gasteiger partial charge in [-0.15, -0.1) is 0 Å². The average molecular weight is 398 g/mol. The second kappa shape index (κ2) is 8.89. The van der Waals surface area contributed by atoms with Crippen LogP contribution >= 0.6 is 0 Å². The Labute approximate surface area is 170 Å². The molecule has 0 aliphatic carbocycles. The first kappa shape index (κ1) is 20.6. The molecule has 1 aromatic heterocycles. The Kier molecular flexibility index (Phi) is 6.31. The van der Waals surface area contributed by atoms with Crippen LogP contribution in [-0.2, 0) is 22.6 Å². The van der Waals surface area contributed by atoms with Crippen LogP contribution in [0.5, 0.6) is 0 Å². The molecule has 0 saturated carbocycles. The van der Waals surface area contributed by atoms with Crippen LogP contribution in [0.2, 0.25) is 0 Å². The lowest BCUT2D eigenvalue weighted by Gasteiger charge is -2.22. The average Bonchev–Trinajstić information content (AvgIpc) is 3.02. The second-order valence-electron chi connectivity index (χ2n) is 7.04. The van der Waals surface area contributed by atoms with Gasteiger partial charge in [0.25, 0.3) is 5.91 Å². The molecule has 1 aromatic carbocycles. The van der Waals surface area contributed by atoms with E-state index < -0.39 is 5.97 Å². The molecule has 0 bridgehead atoms. The summed E-state index contributed by atoms with van der Waals surface area (Å²) in [7, 11) is 1.34. The number of esters is 1. The summed E-state index contributed by atoms with van der Waals surface area (Å²) in [5, 5.41) is 4.34. The number of methoxy groups -OCH3 is 1. The van der Waals surface area contributed by atoms with Gasteiger partial charge in [0.15, 0.2) is 0 Å². The predicted molar refractivity (Wildman–Crippen MR) is 106 cm³/mol. The zero-order chi connectivity index (χ0) is 21.0. The van der Waals surface area contributed by atoms with E-state index in [9.17, 15) is 14.4 Å². The monoisotopic (exact) mass is 398 g/mol. The number of nitrogens with zero attached hydrogens (tertiary/aromatic N) is 4. The summed E-state index contributed by atoms with van der Waals surface area (Å²) in [6, 6.07) is 8.84. The minimum absolute atomic E-state index is 0.0102. The highest BCUT2D eigenvalue weighted by Crippen LogP contribution is 2.15. The molecule has 1 aliphatic heterocycles. The number of aryl methyl sites for hydroxylation is 2. The van der Waals surface area contributed by atoms with Gasteiger partial charge in [0.05, 0.1) is 18.4 Å². The van der Waals surface area contributed by atoms with E-state index >= 15 is 0 Å². The van der Waals surface area contributed by atoms with Crippen molar-refractivity contribution in [1.82, 2.24) is 19.6 Å². The topological polar surface area (TPSA) is 84.7 Å². The molecule has 154 valence electrons. The van der Waals surface area contributed by atoms with Gasteiger partial charge in [0.2, 0.25) is 5.91 Å². The van der Waals surface area contributed by atoms with Crippen LogP contribution in [0.25, 0.3) is 0 Å². The molecule has 1 fully saturated rings. The number of amides is 2. The number of hydrogen-bond donors (Lipinski definition) is 0. The summed E-state index contributed by atoms with van der Waals surface area (Å²) in [5.74, 6) is -0.521. The molecule has 3 rings (SSSR count). The van der Waals surface area contributed by atoms with Crippen LogP contribution < -0.4 is 0 Å². The zero-order valence-electron chi connectivity index (χ0n) is 17.1. The SMILES string of the molecule is CCn1nc(C)cc1C(=O)N1CCC(=O)N(Cc2cccc(C(=O)OC)c2)CC1. The molecule has 2 aromatic rings. The van der Waals surface area contributed by atoms with E-state index in [1.54, 1.807) is 38.7 Å². The van der Waals surface area contributed by atoms with Crippen molar-refractivity contribution >= 4 is 17.8 Å². The first-order chi connectivity index (χ1) is 13.9. The molecule has 29 heavy (non-hydrogen) atoms. The summed E-state index contributed by atoms with van der Waals surface area (Å²) >= 11 is 0. The Morgan fingerprint density at radius 3 is 2.69 bits per heavy atom. The predicted octanol–water partition coefficient (Wildman–Crippen LogP) is 1.87. The number of aromatic nitrogens is 2. The summed E-state index contributed by atoms with van der Waals surface area (Å²) in [6.07, 6.45) is 0.266. The van der Waals surface area contributed by atoms with Crippen LogP contribution in [0.3, 0.4) is 0 Å². The highest BCUT2D eigenvalue weighted by molar-refractivity contribution is 5.93. The van der Waals surface area contributed by atoms with Gasteiger partial charge >= 0.3 is 5.97 Å². The van der Waals surface area contributed by atoms with E-state index in [2.05, 4.69) is 5.10 Å². The molecular weight excluding hydrogens is 372 g/mol. The lowest BCUT2D eigenvalue weighted by atomic mass is 10.1. The summed E-state index contributed by atoms with van der Waals surface area (Å²) < 4.78 is 6.45. The third kappa shape index (κ3) is 4.64. The molecule has 0 N–H and O–H groups in total. The van der Waals surface area contributed by atoms with E-state index in [1.807, 2.05) is 19.9 Å². The minimum atomic E-state index is -0.409. The van der Waals surface area contributed by atoms with Crippen molar-refractivity contribution in [2.75, 3.05) is 26.7 Å². The van der Waals surface area contributed by atoms with E-state index in [-0.39, 0.29) is 18.2 Å². The fourth-order valence-corrected chi connectivity index (χ4v) is 3.49. The van der Waals surface area contributed by atoms with Crippen LogP contribution in [0, 0.1) is 6.92 Å². The maximum Gasteiger partial charge on any atom is 0.337 e. The maximum absolute atomic E-state index is 13.0. The summed E-state index contributed by atoms with van der Waals surface area (Å²) in [5.41, 5.74) is 2.65. The van der Waals surface area contributed by atoms with Gasteiger partial charge in [0.1, 0.15) is 5.69 Å². The zero-order valence-corrected chi connectivity index (χ0v) is 17.1. The Hall–Kier alpha value is -3.16. The molecule has 1 aliphatic rings. The van der Waals surface area contributed by atoms with Crippen molar-refractivity contribution in [2.24, 2.45) is 0 Å². The summed E-state index contributed by atoms with van der Waals surface area (Å²) in [4.78, 5) is 40.7. The van der Waals surface area contributed by atoms with Crippen molar-refractivity contribution in [3.05, 3.63) is 52.8 Å². The molecule has 8 nitrogen and oxygen atoms in total. The first-order valence-corrected chi connectivity index (χ1v) is 9.71. The smallest absolute Gasteiger partial charge is 0.337 e. The quantitative estimate of drug-likeness (QED) is 0.718. The molecule has 2 amide bonds. The molecular formula is C21H26N4O4. The molecule has 8 heteroatoms. The van der Waals surface area contributed by atoms with Crippen LogP contribution in [0.4, 0.5) is 0 Å². The standard InChI is InChI=1S/C21H26N4O4/c1-4-25-18(12-15(2)22-25)20(27)23-9-8-19(26)24(11-10-23)14-16-6-5-7-17(13-16)21(28)29-3/h5-7,12-13H,4,8-11,14H2,1-3H3. The highest BCUT2D eigenvalue weighted by atomic mass is 16.5. The molecule has 0 radical (unpaired) electrons. The Balaban J connectivity index is 1.70. The molecule has 0 unspecified atom stereocenters. The van der Waals surface area contributed by atoms with Gasteiger partial charge in [-0.2, -0.15) is 5.10 Å². The lowest BCUT2D eigenvalue weighted by molar-refractivity contribution is -0.130. The van der Waals surface area contributed by atoms with Gasteiger partial charge in [-0.25, -0.2) is 4.79 Å². The molecule has 2 heterocycles. The normalized spacial score (nSPS) is 14.7. The van der Waals surface area contributed by atoms with Crippen molar-refractivity contribution in [3.63, 3.8) is 0 Å². The van der Waals surface area contributed by atoms with Gasteiger partial charge in [-0.1, -0.05) is 12.1 Å². The van der Waals surface area contributed by atoms with Crippen LogP contribution in [0.15, 0.2) is 30.3 Å². The lowest BCUT2D eigenvalue weighted by Crippen LogP contribution is -2.36. The summed E-state index contributed by atoms with van der Waals surface area (Å²) in [6.45, 7) is 6.08. The largest absolute Gasteiger partial charge is 0.465 e. The van der Waals surface area contributed by atoms with E-state index in [4.69, 9.17) is 4.74 Å².